The van der Waals surface area contributed by atoms with Crippen LogP contribution in [0.25, 0.3) is 0 Å². The van der Waals surface area contributed by atoms with Crippen molar-refractivity contribution >= 4 is 17.2 Å². The number of hydrogen-bond donors (Lipinski definition) is 1. The van der Waals surface area contributed by atoms with Crippen LogP contribution < -0.4 is 5.32 Å². The molecule has 100 valence electrons. The van der Waals surface area contributed by atoms with Gasteiger partial charge in [-0.15, -0.1) is 11.3 Å². The van der Waals surface area contributed by atoms with Gasteiger partial charge in [0.05, 0.1) is 12.6 Å². The summed E-state index contributed by atoms with van der Waals surface area (Å²) in [7, 11) is 0. The smallest absolute Gasteiger partial charge is 0.222 e. The van der Waals surface area contributed by atoms with E-state index in [1.807, 2.05) is 19.2 Å². The Morgan fingerprint density at radius 1 is 1.67 bits per heavy atom. The second-order valence-electron chi connectivity index (χ2n) is 4.66. The van der Waals surface area contributed by atoms with Crippen LogP contribution in [0.2, 0.25) is 0 Å². The molecule has 4 nitrogen and oxygen atoms in total. The van der Waals surface area contributed by atoms with E-state index >= 15 is 0 Å². The lowest BCUT2D eigenvalue weighted by molar-refractivity contribution is -0.123. The number of amides is 1. The fraction of sp³-hybridized carbons (Fsp3) is 0.692. The molecule has 1 aromatic heterocycles. The first kappa shape index (κ1) is 13.5. The molecule has 1 aliphatic rings. The van der Waals surface area contributed by atoms with Crippen LogP contribution in [0, 0.1) is 12.8 Å². The van der Waals surface area contributed by atoms with Gasteiger partial charge in [-0.3, -0.25) is 4.79 Å². The maximum atomic E-state index is 11.8. The summed E-state index contributed by atoms with van der Waals surface area (Å²) in [6.45, 7) is 5.08. The van der Waals surface area contributed by atoms with Crippen LogP contribution in [-0.4, -0.2) is 24.1 Å². The molecule has 0 bridgehead atoms. The standard InChI is InChI=1S/C13H20N2O2S/c1-3-17-7-6-11(16)15-12(10-4-5-10)13-14-9(2)8-18-13/h8,10,12H,3-7H2,1-2H3,(H,15,16). The van der Waals surface area contributed by atoms with Gasteiger partial charge in [0.2, 0.25) is 5.91 Å². The third-order valence-electron chi connectivity index (χ3n) is 2.99. The molecule has 0 aliphatic heterocycles. The summed E-state index contributed by atoms with van der Waals surface area (Å²) >= 11 is 1.64. The summed E-state index contributed by atoms with van der Waals surface area (Å²) in [6, 6.07) is 0.109. The summed E-state index contributed by atoms with van der Waals surface area (Å²) in [5.74, 6) is 0.639. The molecule has 1 unspecified atom stereocenters. The number of rotatable bonds is 7. The van der Waals surface area contributed by atoms with Gasteiger partial charge in [0.1, 0.15) is 5.01 Å². The zero-order valence-corrected chi connectivity index (χ0v) is 11.8. The van der Waals surface area contributed by atoms with Crippen LogP contribution in [0.15, 0.2) is 5.38 Å². The molecule has 0 aromatic carbocycles. The van der Waals surface area contributed by atoms with Gasteiger partial charge in [0.25, 0.3) is 0 Å². The first-order valence-corrected chi connectivity index (χ1v) is 7.37. The number of thiazole rings is 1. The Balaban J connectivity index is 1.89. The summed E-state index contributed by atoms with van der Waals surface area (Å²) in [4.78, 5) is 16.3. The van der Waals surface area contributed by atoms with Crippen molar-refractivity contribution in [3.8, 4) is 0 Å². The van der Waals surface area contributed by atoms with Crippen molar-refractivity contribution in [3.05, 3.63) is 16.1 Å². The minimum absolute atomic E-state index is 0.0632. The first-order valence-electron chi connectivity index (χ1n) is 6.50. The third kappa shape index (κ3) is 3.78. The molecule has 1 aliphatic carbocycles. The highest BCUT2D eigenvalue weighted by Crippen LogP contribution is 2.41. The number of hydrogen-bond acceptors (Lipinski definition) is 4. The Bertz CT molecular complexity index is 401. The van der Waals surface area contributed by atoms with Crippen molar-refractivity contribution in [1.29, 1.82) is 0 Å². The molecular weight excluding hydrogens is 248 g/mol. The monoisotopic (exact) mass is 268 g/mol. The predicted octanol–water partition coefficient (Wildman–Crippen LogP) is 2.45. The largest absolute Gasteiger partial charge is 0.381 e. The van der Waals surface area contributed by atoms with Crippen molar-refractivity contribution in [2.24, 2.45) is 5.92 Å². The Morgan fingerprint density at radius 2 is 2.44 bits per heavy atom. The highest BCUT2D eigenvalue weighted by molar-refractivity contribution is 7.09. The highest BCUT2D eigenvalue weighted by atomic mass is 32.1. The van der Waals surface area contributed by atoms with Gasteiger partial charge in [-0.2, -0.15) is 0 Å². The molecular formula is C13H20N2O2S. The molecule has 1 saturated carbocycles. The number of carbonyl (C=O) groups is 1. The van der Waals surface area contributed by atoms with Crippen molar-refractivity contribution < 1.29 is 9.53 Å². The molecule has 1 heterocycles. The van der Waals surface area contributed by atoms with Crippen LogP contribution in [0.4, 0.5) is 0 Å². The minimum atomic E-state index is 0.0632. The van der Waals surface area contributed by atoms with E-state index in [9.17, 15) is 4.79 Å². The van der Waals surface area contributed by atoms with Crippen molar-refractivity contribution in [3.63, 3.8) is 0 Å². The molecule has 18 heavy (non-hydrogen) atoms. The van der Waals surface area contributed by atoms with Crippen LogP contribution in [0.1, 0.15) is 42.9 Å². The maximum Gasteiger partial charge on any atom is 0.222 e. The second-order valence-corrected chi connectivity index (χ2v) is 5.55. The molecule has 0 saturated heterocycles. The Hall–Kier alpha value is -0.940. The van der Waals surface area contributed by atoms with E-state index in [-0.39, 0.29) is 11.9 Å². The van der Waals surface area contributed by atoms with E-state index in [1.165, 1.54) is 12.8 Å². The topological polar surface area (TPSA) is 51.2 Å². The molecule has 1 amide bonds. The molecule has 0 radical (unpaired) electrons. The third-order valence-corrected chi connectivity index (χ3v) is 4.04. The lowest BCUT2D eigenvalue weighted by Crippen LogP contribution is -2.30. The zero-order chi connectivity index (χ0) is 13.0. The number of ether oxygens (including phenoxy) is 1. The highest BCUT2D eigenvalue weighted by Gasteiger charge is 2.35. The molecule has 1 N–H and O–H groups in total. The Kier molecular flexibility index (Phi) is 4.72. The van der Waals surface area contributed by atoms with Crippen molar-refractivity contribution in [2.75, 3.05) is 13.2 Å². The van der Waals surface area contributed by atoms with Gasteiger partial charge in [-0.1, -0.05) is 0 Å². The van der Waals surface area contributed by atoms with E-state index in [0.717, 1.165) is 10.7 Å². The summed E-state index contributed by atoms with van der Waals surface area (Å²) in [5, 5.41) is 6.18. The average Bonchev–Trinajstić information content (AvgIpc) is 3.09. The normalized spacial score (nSPS) is 16.6. The van der Waals surface area contributed by atoms with E-state index in [2.05, 4.69) is 10.3 Å². The minimum Gasteiger partial charge on any atom is -0.381 e. The zero-order valence-electron chi connectivity index (χ0n) is 10.9. The number of aryl methyl sites for hydroxylation is 1. The quantitative estimate of drug-likeness (QED) is 0.773. The number of nitrogens with one attached hydrogen (secondary N) is 1. The number of nitrogens with zero attached hydrogens (tertiary/aromatic N) is 1. The van der Waals surface area contributed by atoms with Crippen LogP contribution in [0.5, 0.6) is 0 Å². The first-order chi connectivity index (χ1) is 8.70. The molecule has 1 aromatic rings. The summed E-state index contributed by atoms with van der Waals surface area (Å²) in [6.07, 6.45) is 2.81. The van der Waals surface area contributed by atoms with Crippen LogP contribution in [0.3, 0.4) is 0 Å². The van der Waals surface area contributed by atoms with Gasteiger partial charge in [0, 0.05) is 24.1 Å². The summed E-state index contributed by atoms with van der Waals surface area (Å²) in [5.41, 5.74) is 1.03. The average molecular weight is 268 g/mol. The van der Waals surface area contributed by atoms with Gasteiger partial charge < -0.3 is 10.1 Å². The second kappa shape index (κ2) is 6.29. The van der Waals surface area contributed by atoms with E-state index in [1.54, 1.807) is 11.3 Å². The van der Waals surface area contributed by atoms with Crippen molar-refractivity contribution in [1.82, 2.24) is 10.3 Å². The van der Waals surface area contributed by atoms with Gasteiger partial charge in [-0.05, 0) is 32.6 Å². The Labute approximate surface area is 112 Å². The molecule has 5 heteroatoms. The van der Waals surface area contributed by atoms with Gasteiger partial charge in [0.15, 0.2) is 0 Å². The van der Waals surface area contributed by atoms with Crippen molar-refractivity contribution in [2.45, 2.75) is 39.2 Å². The lowest BCUT2D eigenvalue weighted by Gasteiger charge is -2.15. The number of carbonyl (C=O) groups excluding carboxylic acids is 1. The van der Waals surface area contributed by atoms with Crippen LogP contribution >= 0.6 is 11.3 Å². The fourth-order valence-electron chi connectivity index (χ4n) is 1.88. The molecule has 0 spiro atoms. The molecule has 1 atom stereocenters. The maximum absolute atomic E-state index is 11.8. The van der Waals surface area contributed by atoms with E-state index < -0.39 is 0 Å². The summed E-state index contributed by atoms with van der Waals surface area (Å²) < 4.78 is 5.20. The fourth-order valence-corrected chi connectivity index (χ4v) is 2.82. The van der Waals surface area contributed by atoms with E-state index in [0.29, 0.717) is 25.6 Å². The van der Waals surface area contributed by atoms with E-state index in [4.69, 9.17) is 4.74 Å². The lowest BCUT2D eigenvalue weighted by atomic mass is 10.2. The predicted molar refractivity (Wildman–Crippen MR) is 71.6 cm³/mol. The van der Waals surface area contributed by atoms with Crippen LogP contribution in [-0.2, 0) is 9.53 Å². The molecule has 2 rings (SSSR count). The Morgan fingerprint density at radius 3 is 3.00 bits per heavy atom. The number of aromatic nitrogens is 1. The molecule has 1 fully saturated rings. The SMILES string of the molecule is CCOCCC(=O)NC(c1nc(C)cs1)C1CC1. The van der Waals surface area contributed by atoms with Gasteiger partial charge in [-0.25, -0.2) is 4.98 Å². The van der Waals surface area contributed by atoms with Gasteiger partial charge >= 0.3 is 0 Å².